The number of anilines is 1. The normalized spacial score (nSPS) is 14.3. The van der Waals surface area contributed by atoms with Gasteiger partial charge in [0, 0.05) is 44.1 Å². The van der Waals surface area contributed by atoms with Crippen LogP contribution in [0.1, 0.15) is 22.3 Å². The summed E-state index contributed by atoms with van der Waals surface area (Å²) in [6, 6.07) is 20.5. The maximum Gasteiger partial charge on any atom is 0.256 e. The van der Waals surface area contributed by atoms with Crippen molar-refractivity contribution in [3.8, 4) is 17.0 Å². The van der Waals surface area contributed by atoms with E-state index in [2.05, 4.69) is 58.8 Å². The highest BCUT2D eigenvalue weighted by Gasteiger charge is 2.28. The zero-order valence-electron chi connectivity index (χ0n) is 20.0. The van der Waals surface area contributed by atoms with Gasteiger partial charge in [-0.05, 0) is 43.2 Å². The lowest BCUT2D eigenvalue weighted by Crippen LogP contribution is -2.35. The zero-order valence-corrected chi connectivity index (χ0v) is 20.0. The lowest BCUT2D eigenvalue weighted by molar-refractivity contribution is 0.0769. The molecule has 34 heavy (non-hydrogen) atoms. The van der Waals surface area contributed by atoms with Crippen molar-refractivity contribution in [3.63, 3.8) is 0 Å². The number of ether oxygens (including phenoxy) is 1. The van der Waals surface area contributed by atoms with Gasteiger partial charge in [-0.25, -0.2) is 4.98 Å². The second-order valence-corrected chi connectivity index (χ2v) is 8.86. The highest BCUT2D eigenvalue weighted by molar-refractivity contribution is 6.13. The van der Waals surface area contributed by atoms with Crippen LogP contribution < -0.4 is 9.64 Å². The van der Waals surface area contributed by atoms with Gasteiger partial charge in [-0.15, -0.1) is 0 Å². The van der Waals surface area contributed by atoms with Crippen molar-refractivity contribution >= 4 is 22.6 Å². The third-order valence-electron chi connectivity index (χ3n) is 6.68. The van der Waals surface area contributed by atoms with Crippen molar-refractivity contribution in [1.29, 1.82) is 0 Å². The fourth-order valence-electron chi connectivity index (χ4n) is 4.90. The van der Waals surface area contributed by atoms with E-state index in [9.17, 15) is 4.79 Å². The molecule has 1 aliphatic rings. The van der Waals surface area contributed by atoms with E-state index < -0.39 is 0 Å². The molecule has 2 aromatic carbocycles. The lowest BCUT2D eigenvalue weighted by Gasteiger charge is -2.23. The van der Waals surface area contributed by atoms with E-state index in [-0.39, 0.29) is 5.91 Å². The van der Waals surface area contributed by atoms with E-state index in [1.54, 1.807) is 13.3 Å². The number of carbonyl (C=O) groups excluding carboxylic acids is 1. The first-order valence-electron chi connectivity index (χ1n) is 11.8. The minimum atomic E-state index is 0.0968. The maximum absolute atomic E-state index is 14.1. The summed E-state index contributed by atoms with van der Waals surface area (Å²) < 4.78 is 7.39. The summed E-state index contributed by atoms with van der Waals surface area (Å²) in [6.07, 6.45) is 2.64. The molecule has 1 saturated heterocycles. The zero-order chi connectivity index (χ0) is 23.7. The Morgan fingerprint density at radius 3 is 2.53 bits per heavy atom. The third kappa shape index (κ3) is 4.00. The van der Waals surface area contributed by atoms with Crippen LogP contribution in [0.5, 0.6) is 5.75 Å². The average Bonchev–Trinajstić information content (AvgIpc) is 3.01. The number of hydrogen-bond acceptors (Lipinski definition) is 4. The fraction of sp³-hybridized carbons (Fsp3) is 0.286. The number of methoxy groups -OCH3 is 1. The Labute approximate surface area is 200 Å². The number of hydrogen-bond donors (Lipinski definition) is 0. The summed E-state index contributed by atoms with van der Waals surface area (Å²) in [5, 5.41) is 1.02. The van der Waals surface area contributed by atoms with Gasteiger partial charge < -0.3 is 19.1 Å². The van der Waals surface area contributed by atoms with Crippen LogP contribution in [0.4, 0.5) is 5.82 Å². The highest BCUT2D eigenvalue weighted by Crippen LogP contribution is 2.35. The number of aryl methyl sites for hydroxylation is 2. The van der Waals surface area contributed by atoms with Gasteiger partial charge in [-0.1, -0.05) is 42.0 Å². The quantitative estimate of drug-likeness (QED) is 0.440. The van der Waals surface area contributed by atoms with E-state index in [1.165, 1.54) is 0 Å². The summed E-state index contributed by atoms with van der Waals surface area (Å²) in [6.45, 7) is 5.07. The standard InChI is InChI=1S/C28H30N4O2/c1-20-10-12-24-23(18-20)26(27(30(24)2)21-8-5-4-6-9-21)28(33)32-15-7-14-31(16-17-32)25-13-11-22(34-3)19-29-25/h4-6,8-13,18-19H,7,14-17H2,1-3H3. The molecule has 2 aromatic heterocycles. The fourth-order valence-corrected chi connectivity index (χ4v) is 4.90. The second kappa shape index (κ2) is 9.21. The van der Waals surface area contributed by atoms with Crippen LogP contribution in [-0.4, -0.2) is 53.6 Å². The Morgan fingerprint density at radius 1 is 0.971 bits per heavy atom. The monoisotopic (exact) mass is 454 g/mol. The third-order valence-corrected chi connectivity index (χ3v) is 6.68. The van der Waals surface area contributed by atoms with Crippen LogP contribution in [-0.2, 0) is 7.05 Å². The van der Waals surface area contributed by atoms with Crippen molar-refractivity contribution < 1.29 is 9.53 Å². The first-order valence-corrected chi connectivity index (χ1v) is 11.8. The van der Waals surface area contributed by atoms with Gasteiger partial charge in [0.25, 0.3) is 5.91 Å². The first-order chi connectivity index (χ1) is 16.6. The Morgan fingerprint density at radius 2 is 1.79 bits per heavy atom. The number of amides is 1. The molecule has 3 heterocycles. The summed E-state index contributed by atoms with van der Waals surface area (Å²) in [7, 11) is 3.70. The minimum Gasteiger partial charge on any atom is -0.495 e. The van der Waals surface area contributed by atoms with Gasteiger partial charge in [0.05, 0.1) is 24.6 Å². The van der Waals surface area contributed by atoms with Crippen LogP contribution in [0, 0.1) is 6.92 Å². The minimum absolute atomic E-state index is 0.0968. The second-order valence-electron chi connectivity index (χ2n) is 8.86. The van der Waals surface area contributed by atoms with Crippen LogP contribution in [0.15, 0.2) is 66.9 Å². The Balaban J connectivity index is 1.49. The van der Waals surface area contributed by atoms with Gasteiger partial charge in [0.1, 0.15) is 11.6 Å². The predicted molar refractivity (Wildman–Crippen MR) is 137 cm³/mol. The van der Waals surface area contributed by atoms with Crippen molar-refractivity contribution in [3.05, 3.63) is 78.0 Å². The molecule has 0 bridgehead atoms. The molecule has 5 rings (SSSR count). The van der Waals surface area contributed by atoms with Gasteiger partial charge in [-0.3, -0.25) is 4.79 Å². The van der Waals surface area contributed by atoms with Crippen LogP contribution in [0.25, 0.3) is 22.2 Å². The topological polar surface area (TPSA) is 50.6 Å². The number of rotatable bonds is 4. The molecule has 0 spiro atoms. The van der Waals surface area contributed by atoms with Gasteiger partial charge in [-0.2, -0.15) is 0 Å². The first kappa shape index (κ1) is 22.0. The number of aromatic nitrogens is 2. The van der Waals surface area contributed by atoms with E-state index in [0.717, 1.165) is 70.9 Å². The smallest absolute Gasteiger partial charge is 0.256 e. The Kier molecular flexibility index (Phi) is 5.97. The predicted octanol–water partition coefficient (Wildman–Crippen LogP) is 4.91. The Hall–Kier alpha value is -3.80. The molecule has 0 aliphatic carbocycles. The van der Waals surface area contributed by atoms with Crippen molar-refractivity contribution in [2.75, 3.05) is 38.2 Å². The largest absolute Gasteiger partial charge is 0.495 e. The number of fused-ring (bicyclic) bond motifs is 1. The molecule has 174 valence electrons. The number of benzene rings is 2. The van der Waals surface area contributed by atoms with E-state index in [0.29, 0.717) is 6.54 Å². The van der Waals surface area contributed by atoms with Gasteiger partial charge >= 0.3 is 0 Å². The van der Waals surface area contributed by atoms with Crippen molar-refractivity contribution in [2.45, 2.75) is 13.3 Å². The molecule has 0 unspecified atom stereocenters. The number of nitrogens with zero attached hydrogens (tertiary/aromatic N) is 4. The summed E-state index contributed by atoms with van der Waals surface area (Å²) >= 11 is 0. The summed E-state index contributed by atoms with van der Waals surface area (Å²) in [4.78, 5) is 22.9. The van der Waals surface area contributed by atoms with Gasteiger partial charge in [0.15, 0.2) is 0 Å². The Bertz CT molecular complexity index is 1310. The molecular formula is C28H30N4O2. The molecule has 0 saturated carbocycles. The van der Waals surface area contributed by atoms with Crippen LogP contribution in [0.2, 0.25) is 0 Å². The summed E-state index contributed by atoms with van der Waals surface area (Å²) in [5.74, 6) is 1.76. The molecule has 0 radical (unpaired) electrons. The molecule has 1 amide bonds. The lowest BCUT2D eigenvalue weighted by atomic mass is 10.0. The SMILES string of the molecule is COc1ccc(N2CCCN(C(=O)c3c(-c4ccccc4)n(C)c4ccc(C)cc34)CC2)nc1. The van der Waals surface area contributed by atoms with Crippen molar-refractivity contribution in [2.24, 2.45) is 7.05 Å². The molecular weight excluding hydrogens is 424 g/mol. The van der Waals surface area contributed by atoms with E-state index >= 15 is 0 Å². The number of carbonyl (C=O) groups is 1. The van der Waals surface area contributed by atoms with E-state index in [4.69, 9.17) is 4.74 Å². The van der Waals surface area contributed by atoms with Crippen LogP contribution in [0.3, 0.4) is 0 Å². The molecule has 6 nitrogen and oxygen atoms in total. The molecule has 1 aliphatic heterocycles. The molecule has 0 atom stereocenters. The highest BCUT2D eigenvalue weighted by atomic mass is 16.5. The maximum atomic E-state index is 14.1. The molecule has 4 aromatic rings. The molecule has 1 fully saturated rings. The number of pyridine rings is 1. The van der Waals surface area contributed by atoms with Gasteiger partial charge in [0.2, 0.25) is 0 Å². The molecule has 0 N–H and O–H groups in total. The summed E-state index contributed by atoms with van der Waals surface area (Å²) in [5.41, 5.74) is 5.06. The van der Waals surface area contributed by atoms with Crippen molar-refractivity contribution in [1.82, 2.24) is 14.5 Å². The van der Waals surface area contributed by atoms with Crippen LogP contribution >= 0.6 is 0 Å². The molecule has 6 heteroatoms. The van der Waals surface area contributed by atoms with E-state index in [1.807, 2.05) is 35.2 Å². The average molecular weight is 455 g/mol.